The molecule has 1 heterocycles. The van der Waals surface area contributed by atoms with Crippen LogP contribution in [0.4, 0.5) is 8.78 Å². The molecule has 2 nitrogen and oxygen atoms in total. The van der Waals surface area contributed by atoms with Gasteiger partial charge in [0, 0.05) is 18.8 Å². The summed E-state index contributed by atoms with van der Waals surface area (Å²) in [5.41, 5.74) is 0.704. The fraction of sp³-hybridized carbons (Fsp3) is 0.533. The highest BCUT2D eigenvalue weighted by Crippen LogP contribution is 2.28. The molecule has 2 rings (SSSR count). The second-order valence-corrected chi connectivity index (χ2v) is 6.18. The Hall–Kier alpha value is -1.16. The van der Waals surface area contributed by atoms with Crippen LogP contribution in [0, 0.1) is 17.0 Å². The summed E-state index contributed by atoms with van der Waals surface area (Å²) >= 11 is 5.79. The minimum atomic E-state index is -0.842. The molecule has 0 unspecified atom stereocenters. The number of aryl methyl sites for hydroxylation is 1. The Kier molecular flexibility index (Phi) is 4.33. The van der Waals surface area contributed by atoms with E-state index < -0.39 is 11.6 Å². The Morgan fingerprint density at radius 2 is 2.00 bits per heavy atom. The summed E-state index contributed by atoms with van der Waals surface area (Å²) in [5, 5.41) is 0. The van der Waals surface area contributed by atoms with Crippen molar-refractivity contribution in [1.82, 2.24) is 9.55 Å². The Labute approximate surface area is 122 Å². The molecule has 2 aromatic rings. The van der Waals surface area contributed by atoms with Crippen molar-refractivity contribution in [3.05, 3.63) is 29.6 Å². The predicted octanol–water partition coefficient (Wildman–Crippen LogP) is 4.53. The van der Waals surface area contributed by atoms with Crippen LogP contribution < -0.4 is 0 Å². The molecule has 20 heavy (non-hydrogen) atoms. The predicted molar refractivity (Wildman–Crippen MR) is 78.1 cm³/mol. The molecule has 1 aromatic carbocycles. The molecule has 110 valence electrons. The monoisotopic (exact) mass is 300 g/mol. The van der Waals surface area contributed by atoms with Crippen LogP contribution in [0.3, 0.4) is 0 Å². The van der Waals surface area contributed by atoms with Gasteiger partial charge in [0.25, 0.3) is 0 Å². The number of alkyl halides is 1. The lowest BCUT2D eigenvalue weighted by atomic mass is 9.90. The van der Waals surface area contributed by atoms with Crippen LogP contribution in [0.15, 0.2) is 12.1 Å². The van der Waals surface area contributed by atoms with Crippen LogP contribution in [0.1, 0.15) is 33.0 Å². The van der Waals surface area contributed by atoms with Crippen LogP contribution >= 0.6 is 11.6 Å². The molecule has 0 aliphatic heterocycles. The molecule has 0 N–H and O–H groups in total. The van der Waals surface area contributed by atoms with E-state index >= 15 is 0 Å². The van der Waals surface area contributed by atoms with Crippen molar-refractivity contribution in [2.75, 3.05) is 5.88 Å². The quantitative estimate of drug-likeness (QED) is 0.742. The highest BCUT2D eigenvalue weighted by Gasteiger charge is 2.23. The normalized spacial score (nSPS) is 12.3. The average Bonchev–Trinajstić information content (AvgIpc) is 2.73. The Bertz CT molecular complexity index is 620. The molecule has 0 bridgehead atoms. The Morgan fingerprint density at radius 3 is 2.60 bits per heavy atom. The molecule has 1 aromatic heterocycles. The Morgan fingerprint density at radius 1 is 1.30 bits per heavy atom. The topological polar surface area (TPSA) is 17.8 Å². The van der Waals surface area contributed by atoms with Gasteiger partial charge >= 0.3 is 0 Å². The van der Waals surface area contributed by atoms with Gasteiger partial charge in [-0.25, -0.2) is 13.8 Å². The van der Waals surface area contributed by atoms with E-state index in [0.29, 0.717) is 30.2 Å². The van der Waals surface area contributed by atoms with Gasteiger partial charge in [0.1, 0.15) is 11.3 Å². The Balaban J connectivity index is 2.63. The zero-order valence-corrected chi connectivity index (χ0v) is 12.8. The summed E-state index contributed by atoms with van der Waals surface area (Å²) in [4.78, 5) is 4.39. The molecular weight excluding hydrogens is 282 g/mol. The highest BCUT2D eigenvalue weighted by molar-refractivity contribution is 6.17. The molecule has 0 amide bonds. The van der Waals surface area contributed by atoms with Crippen molar-refractivity contribution < 1.29 is 8.78 Å². The lowest BCUT2D eigenvalue weighted by Gasteiger charge is -2.24. The third-order valence-corrected chi connectivity index (χ3v) is 3.93. The van der Waals surface area contributed by atoms with Gasteiger partial charge in [-0.1, -0.05) is 20.8 Å². The van der Waals surface area contributed by atoms with Crippen molar-refractivity contribution in [1.29, 1.82) is 0 Å². The average molecular weight is 301 g/mol. The maximum atomic E-state index is 14.1. The van der Waals surface area contributed by atoms with Gasteiger partial charge in [0.15, 0.2) is 11.6 Å². The SMILES string of the molecule is CCC(C)(C)Cn1c(CCCl)nc2ccc(F)c(F)c21. The second-order valence-electron chi connectivity index (χ2n) is 5.80. The molecule has 0 aliphatic rings. The first-order chi connectivity index (χ1) is 9.39. The van der Waals surface area contributed by atoms with Crippen LogP contribution in [-0.2, 0) is 13.0 Å². The van der Waals surface area contributed by atoms with Gasteiger partial charge in [0.2, 0.25) is 0 Å². The van der Waals surface area contributed by atoms with Crippen LogP contribution in [0.25, 0.3) is 11.0 Å². The summed E-state index contributed by atoms with van der Waals surface area (Å²) in [6, 6.07) is 2.63. The van der Waals surface area contributed by atoms with Crippen molar-refractivity contribution in [3.63, 3.8) is 0 Å². The first kappa shape index (κ1) is 15.2. The first-order valence-corrected chi connectivity index (χ1v) is 7.32. The number of aromatic nitrogens is 2. The fourth-order valence-corrected chi connectivity index (χ4v) is 2.36. The van der Waals surface area contributed by atoms with E-state index in [0.717, 1.165) is 12.5 Å². The molecule has 0 spiro atoms. The van der Waals surface area contributed by atoms with Crippen molar-refractivity contribution in [2.24, 2.45) is 5.41 Å². The summed E-state index contributed by atoms with van der Waals surface area (Å²) in [6.45, 7) is 6.87. The number of rotatable bonds is 5. The van der Waals surface area contributed by atoms with Gasteiger partial charge in [-0.15, -0.1) is 11.6 Å². The fourth-order valence-electron chi connectivity index (χ4n) is 2.19. The molecule has 0 saturated carbocycles. The smallest absolute Gasteiger partial charge is 0.184 e. The minimum Gasteiger partial charge on any atom is -0.325 e. The number of fused-ring (bicyclic) bond motifs is 1. The van der Waals surface area contributed by atoms with Crippen LogP contribution in [-0.4, -0.2) is 15.4 Å². The van der Waals surface area contributed by atoms with Gasteiger partial charge in [0.05, 0.1) is 5.52 Å². The summed E-state index contributed by atoms with van der Waals surface area (Å²) in [7, 11) is 0. The molecule has 0 radical (unpaired) electrons. The molecular formula is C15H19ClF2N2. The largest absolute Gasteiger partial charge is 0.325 e. The summed E-state index contributed by atoms with van der Waals surface area (Å²) in [6.07, 6.45) is 1.47. The van der Waals surface area contributed by atoms with E-state index in [1.54, 1.807) is 4.57 Å². The standard InChI is InChI=1S/C15H19ClF2N2/c1-4-15(2,3)9-20-12(7-8-16)19-11-6-5-10(17)13(18)14(11)20/h5-6H,4,7-9H2,1-3H3. The number of hydrogen-bond acceptors (Lipinski definition) is 1. The van der Waals surface area contributed by atoms with Gasteiger partial charge in [-0.3, -0.25) is 0 Å². The van der Waals surface area contributed by atoms with Crippen molar-refractivity contribution in [3.8, 4) is 0 Å². The van der Waals surface area contributed by atoms with E-state index in [2.05, 4.69) is 25.8 Å². The highest BCUT2D eigenvalue weighted by atomic mass is 35.5. The number of nitrogens with zero attached hydrogens (tertiary/aromatic N) is 2. The number of benzene rings is 1. The molecule has 0 aliphatic carbocycles. The number of hydrogen-bond donors (Lipinski definition) is 0. The van der Waals surface area contributed by atoms with Gasteiger partial charge in [-0.2, -0.15) is 0 Å². The third-order valence-electron chi connectivity index (χ3n) is 3.74. The van der Waals surface area contributed by atoms with Gasteiger partial charge in [-0.05, 0) is 24.0 Å². The molecule has 0 saturated heterocycles. The van der Waals surface area contributed by atoms with E-state index in [1.165, 1.54) is 6.07 Å². The van der Waals surface area contributed by atoms with Crippen molar-refractivity contribution in [2.45, 2.75) is 40.2 Å². The molecule has 0 atom stereocenters. The zero-order chi connectivity index (χ0) is 14.9. The van der Waals surface area contributed by atoms with Gasteiger partial charge < -0.3 is 4.57 Å². The molecule has 0 fully saturated rings. The third kappa shape index (κ3) is 2.80. The van der Waals surface area contributed by atoms with E-state index in [1.807, 2.05) is 0 Å². The lowest BCUT2D eigenvalue weighted by Crippen LogP contribution is -2.20. The van der Waals surface area contributed by atoms with E-state index in [9.17, 15) is 8.78 Å². The summed E-state index contributed by atoms with van der Waals surface area (Å²) in [5.74, 6) is -0.561. The van der Waals surface area contributed by atoms with Crippen LogP contribution in [0.2, 0.25) is 0 Å². The number of imidazole rings is 1. The lowest BCUT2D eigenvalue weighted by molar-refractivity contribution is 0.293. The first-order valence-electron chi connectivity index (χ1n) is 6.78. The van der Waals surface area contributed by atoms with Crippen molar-refractivity contribution >= 4 is 22.6 Å². The summed E-state index contributed by atoms with van der Waals surface area (Å²) < 4.78 is 29.4. The number of halogens is 3. The minimum absolute atomic E-state index is 0.0204. The maximum Gasteiger partial charge on any atom is 0.184 e. The van der Waals surface area contributed by atoms with Crippen LogP contribution in [0.5, 0.6) is 0 Å². The molecule has 5 heteroatoms. The van der Waals surface area contributed by atoms with E-state index in [4.69, 9.17) is 11.6 Å². The zero-order valence-electron chi connectivity index (χ0n) is 12.0. The maximum absolute atomic E-state index is 14.1. The van der Waals surface area contributed by atoms with E-state index in [-0.39, 0.29) is 10.9 Å². The second kappa shape index (κ2) is 5.68.